The molecule has 0 aliphatic carbocycles. The average molecular weight is 182 g/mol. The van der Waals surface area contributed by atoms with Crippen molar-refractivity contribution >= 4 is 12.6 Å². The van der Waals surface area contributed by atoms with Gasteiger partial charge in [0.25, 0.3) is 0 Å². The van der Waals surface area contributed by atoms with Gasteiger partial charge in [-0.3, -0.25) is 0 Å². The zero-order chi connectivity index (χ0) is 8.39. The first-order chi connectivity index (χ1) is 5.90. The number of benzene rings is 1. The summed E-state index contributed by atoms with van der Waals surface area (Å²) >= 11 is 4.16. The molecule has 12 heavy (non-hydrogen) atoms. The minimum atomic E-state index is 0.347. The van der Waals surface area contributed by atoms with E-state index in [9.17, 15) is 0 Å². The summed E-state index contributed by atoms with van der Waals surface area (Å²) in [6.07, 6.45) is 0.972. The Kier molecular flexibility index (Phi) is 2.13. The molecule has 0 aromatic heterocycles. The van der Waals surface area contributed by atoms with Crippen molar-refractivity contribution in [2.24, 2.45) is 0 Å². The highest BCUT2D eigenvalue weighted by Crippen LogP contribution is 2.32. The Morgan fingerprint density at radius 3 is 2.92 bits per heavy atom. The Labute approximate surface area is 76.9 Å². The van der Waals surface area contributed by atoms with E-state index in [0.29, 0.717) is 6.79 Å². The Morgan fingerprint density at radius 2 is 2.08 bits per heavy atom. The molecular weight excluding hydrogens is 172 g/mol. The second kappa shape index (κ2) is 3.27. The van der Waals surface area contributed by atoms with E-state index >= 15 is 0 Å². The van der Waals surface area contributed by atoms with Crippen LogP contribution in [0.15, 0.2) is 18.2 Å². The molecule has 2 rings (SSSR count). The lowest BCUT2D eigenvalue weighted by Gasteiger charge is -1.99. The second-order valence-corrected chi connectivity index (χ2v) is 3.11. The fraction of sp³-hybridized carbons (Fsp3) is 0.333. The summed E-state index contributed by atoms with van der Waals surface area (Å²) in [7, 11) is 0. The monoisotopic (exact) mass is 182 g/mol. The number of hydrogen-bond acceptors (Lipinski definition) is 3. The Balaban J connectivity index is 2.26. The maximum Gasteiger partial charge on any atom is 0.231 e. The van der Waals surface area contributed by atoms with E-state index in [1.807, 2.05) is 18.2 Å². The SMILES string of the molecule is SCCc1ccc2c(c1)OCO2. The summed E-state index contributed by atoms with van der Waals surface area (Å²) < 4.78 is 10.4. The average Bonchev–Trinajstić information content (AvgIpc) is 2.51. The summed E-state index contributed by atoms with van der Waals surface area (Å²) in [4.78, 5) is 0. The zero-order valence-corrected chi connectivity index (χ0v) is 7.51. The molecule has 2 nitrogen and oxygen atoms in total. The molecule has 0 saturated carbocycles. The highest BCUT2D eigenvalue weighted by Gasteiger charge is 2.12. The van der Waals surface area contributed by atoms with Crippen LogP contribution in [-0.2, 0) is 6.42 Å². The molecule has 64 valence electrons. The summed E-state index contributed by atoms with van der Waals surface area (Å²) in [6, 6.07) is 6.00. The number of rotatable bonds is 2. The van der Waals surface area contributed by atoms with Gasteiger partial charge in [0.15, 0.2) is 11.5 Å². The first-order valence-corrected chi connectivity index (χ1v) is 4.53. The number of hydrogen-bond donors (Lipinski definition) is 1. The van der Waals surface area contributed by atoms with Gasteiger partial charge in [-0.05, 0) is 29.9 Å². The van der Waals surface area contributed by atoms with Crippen LogP contribution < -0.4 is 9.47 Å². The van der Waals surface area contributed by atoms with Gasteiger partial charge in [-0.1, -0.05) is 6.07 Å². The number of fused-ring (bicyclic) bond motifs is 1. The molecule has 0 unspecified atom stereocenters. The highest BCUT2D eigenvalue weighted by atomic mass is 32.1. The van der Waals surface area contributed by atoms with Gasteiger partial charge >= 0.3 is 0 Å². The van der Waals surface area contributed by atoms with E-state index in [1.54, 1.807) is 0 Å². The van der Waals surface area contributed by atoms with Crippen molar-refractivity contribution in [3.05, 3.63) is 23.8 Å². The smallest absolute Gasteiger partial charge is 0.231 e. The lowest BCUT2D eigenvalue weighted by molar-refractivity contribution is 0.174. The van der Waals surface area contributed by atoms with Crippen LogP contribution in [0.1, 0.15) is 5.56 Å². The van der Waals surface area contributed by atoms with E-state index in [0.717, 1.165) is 23.7 Å². The minimum absolute atomic E-state index is 0.347. The summed E-state index contributed by atoms with van der Waals surface area (Å²) in [5, 5.41) is 0. The predicted octanol–water partition coefficient (Wildman–Crippen LogP) is 1.89. The van der Waals surface area contributed by atoms with Crippen LogP contribution in [0.5, 0.6) is 11.5 Å². The minimum Gasteiger partial charge on any atom is -0.454 e. The van der Waals surface area contributed by atoms with Gasteiger partial charge in [-0.15, -0.1) is 0 Å². The lowest BCUT2D eigenvalue weighted by atomic mass is 10.1. The third-order valence-electron chi connectivity index (χ3n) is 1.84. The van der Waals surface area contributed by atoms with Gasteiger partial charge in [-0.2, -0.15) is 12.6 Å². The molecule has 1 aliphatic rings. The van der Waals surface area contributed by atoms with Crippen LogP contribution in [0.25, 0.3) is 0 Å². The third kappa shape index (κ3) is 1.37. The molecule has 0 bridgehead atoms. The molecule has 0 saturated heterocycles. The molecule has 1 heterocycles. The fourth-order valence-corrected chi connectivity index (χ4v) is 1.48. The Hall–Kier alpha value is -0.830. The van der Waals surface area contributed by atoms with Crippen molar-refractivity contribution in [1.82, 2.24) is 0 Å². The van der Waals surface area contributed by atoms with Gasteiger partial charge in [-0.25, -0.2) is 0 Å². The largest absolute Gasteiger partial charge is 0.454 e. The molecule has 0 atom stereocenters. The summed E-state index contributed by atoms with van der Waals surface area (Å²) in [5.41, 5.74) is 1.24. The maximum absolute atomic E-state index is 5.24. The fourth-order valence-electron chi connectivity index (χ4n) is 1.23. The molecule has 0 radical (unpaired) electrons. The van der Waals surface area contributed by atoms with Gasteiger partial charge in [0, 0.05) is 0 Å². The summed E-state index contributed by atoms with van der Waals surface area (Å²) in [6.45, 7) is 0.347. The van der Waals surface area contributed by atoms with Crippen LogP contribution in [-0.4, -0.2) is 12.5 Å². The van der Waals surface area contributed by atoms with Crippen LogP contribution in [0.3, 0.4) is 0 Å². The Bertz CT molecular complexity index is 286. The summed E-state index contributed by atoms with van der Waals surface area (Å²) in [5.74, 6) is 2.56. The van der Waals surface area contributed by atoms with Crippen molar-refractivity contribution in [3.8, 4) is 11.5 Å². The van der Waals surface area contributed by atoms with Crippen LogP contribution in [0, 0.1) is 0 Å². The normalized spacial score (nSPS) is 13.4. The standard InChI is InChI=1S/C9H10O2S/c12-4-3-7-1-2-8-9(5-7)11-6-10-8/h1-2,5,12H,3-4,6H2. The Morgan fingerprint density at radius 1 is 1.25 bits per heavy atom. The van der Waals surface area contributed by atoms with Crippen molar-refractivity contribution < 1.29 is 9.47 Å². The topological polar surface area (TPSA) is 18.5 Å². The van der Waals surface area contributed by atoms with Crippen LogP contribution >= 0.6 is 12.6 Å². The maximum atomic E-state index is 5.24. The molecule has 1 aromatic rings. The van der Waals surface area contributed by atoms with Crippen molar-refractivity contribution in [2.75, 3.05) is 12.5 Å². The predicted molar refractivity (Wildman–Crippen MR) is 50.1 cm³/mol. The number of thiol groups is 1. The quantitative estimate of drug-likeness (QED) is 0.704. The highest BCUT2D eigenvalue weighted by molar-refractivity contribution is 7.80. The van der Waals surface area contributed by atoms with E-state index in [4.69, 9.17) is 9.47 Å². The van der Waals surface area contributed by atoms with E-state index in [-0.39, 0.29) is 0 Å². The van der Waals surface area contributed by atoms with E-state index < -0.39 is 0 Å². The lowest BCUT2D eigenvalue weighted by Crippen LogP contribution is -1.93. The third-order valence-corrected chi connectivity index (χ3v) is 2.06. The molecular formula is C9H10O2S. The van der Waals surface area contributed by atoms with Crippen molar-refractivity contribution in [3.63, 3.8) is 0 Å². The van der Waals surface area contributed by atoms with Gasteiger partial charge in [0.1, 0.15) is 0 Å². The molecule has 1 aliphatic heterocycles. The number of ether oxygens (including phenoxy) is 2. The van der Waals surface area contributed by atoms with Gasteiger partial charge in [0.2, 0.25) is 6.79 Å². The second-order valence-electron chi connectivity index (χ2n) is 2.66. The molecule has 0 N–H and O–H groups in total. The molecule has 0 fully saturated rings. The first kappa shape index (κ1) is 7.80. The van der Waals surface area contributed by atoms with Gasteiger partial charge in [0.05, 0.1) is 0 Å². The van der Waals surface area contributed by atoms with E-state index in [1.165, 1.54) is 5.56 Å². The van der Waals surface area contributed by atoms with Gasteiger partial charge < -0.3 is 9.47 Å². The van der Waals surface area contributed by atoms with Crippen molar-refractivity contribution in [2.45, 2.75) is 6.42 Å². The molecule has 0 spiro atoms. The van der Waals surface area contributed by atoms with E-state index in [2.05, 4.69) is 12.6 Å². The molecule has 1 aromatic carbocycles. The molecule has 3 heteroatoms. The van der Waals surface area contributed by atoms with Crippen LogP contribution in [0.2, 0.25) is 0 Å². The molecule has 0 amide bonds. The zero-order valence-electron chi connectivity index (χ0n) is 6.62. The van der Waals surface area contributed by atoms with Crippen LogP contribution in [0.4, 0.5) is 0 Å². The number of aryl methyl sites for hydroxylation is 1. The van der Waals surface area contributed by atoms with Crippen molar-refractivity contribution in [1.29, 1.82) is 0 Å². The first-order valence-electron chi connectivity index (χ1n) is 3.89.